The predicted molar refractivity (Wildman–Crippen MR) is 432 cm³/mol. The van der Waals surface area contributed by atoms with Crippen molar-refractivity contribution in [2.45, 2.75) is 163 Å². The first-order chi connectivity index (χ1) is 55.0. The first-order valence-electron chi connectivity index (χ1n) is 38.8. The molecule has 0 unspecified atom stereocenters. The number of pyridine rings is 3. The zero-order chi connectivity index (χ0) is 83.9. The van der Waals surface area contributed by atoms with Gasteiger partial charge in [0.15, 0.2) is 0 Å². The monoisotopic (exact) mass is 1620 g/mol. The number of carbonyl (C=O) groups is 7. The summed E-state index contributed by atoms with van der Waals surface area (Å²) in [6.07, 6.45) is 12.7. The third-order valence-corrected chi connectivity index (χ3v) is 20.3. The van der Waals surface area contributed by atoms with Gasteiger partial charge in [-0.15, -0.1) is 6.20 Å². The average molecular weight is 1620 g/mol. The summed E-state index contributed by atoms with van der Waals surface area (Å²) in [6, 6.07) is 36.2. The number of nitrogens with zero attached hydrogens (tertiary/aromatic N) is 11. The van der Waals surface area contributed by atoms with E-state index < -0.39 is 82.6 Å². The Morgan fingerprint density at radius 1 is 0.525 bits per heavy atom. The Labute approximate surface area is 696 Å². The van der Waals surface area contributed by atoms with E-state index in [-0.39, 0.29) is 122 Å². The number of likely N-dealkylation sites (N-methyl/N-ethyl adjacent to an activating group) is 1. The number of hydrogen-bond donors (Lipinski definition) is 2. The molecule has 2 aliphatic rings. The van der Waals surface area contributed by atoms with Crippen LogP contribution in [-0.4, -0.2) is 200 Å². The molecule has 2 aliphatic heterocycles. The maximum Gasteiger partial charge on any atom is 1.00 e. The third-order valence-electron chi connectivity index (χ3n) is 20.3. The second kappa shape index (κ2) is 40.6. The number of fused-ring (bicyclic) bond motifs is 3. The summed E-state index contributed by atoms with van der Waals surface area (Å²) in [4.78, 5) is 128. The van der Waals surface area contributed by atoms with E-state index in [1.54, 1.807) is 134 Å². The number of aromatic nitrogens is 6. The van der Waals surface area contributed by atoms with Crippen LogP contribution in [0.1, 0.15) is 140 Å². The first kappa shape index (κ1) is 92.1. The second-order valence-electron chi connectivity index (χ2n) is 32.5. The van der Waals surface area contributed by atoms with Crippen LogP contribution < -0.4 is 39.0 Å². The van der Waals surface area contributed by atoms with E-state index in [4.69, 9.17) is 14.2 Å². The van der Waals surface area contributed by atoms with Gasteiger partial charge < -0.3 is 67.9 Å². The summed E-state index contributed by atoms with van der Waals surface area (Å²) in [5.41, 5.74) is 2.30. The number of benzene rings is 4. The Bertz CT molecular complexity index is 4950. The van der Waals surface area contributed by atoms with Gasteiger partial charge in [-0.05, 0) is 190 Å². The molecule has 622 valence electrons. The minimum absolute atomic E-state index is 0. The molecule has 8 heterocycles. The normalized spacial score (nSPS) is 16.2. The molecule has 118 heavy (non-hydrogen) atoms. The fourth-order valence-corrected chi connectivity index (χ4v) is 13.5. The van der Waals surface area contributed by atoms with E-state index >= 15 is 0 Å². The summed E-state index contributed by atoms with van der Waals surface area (Å²) in [7, 11) is 1.46. The van der Waals surface area contributed by atoms with Gasteiger partial charge in [0.1, 0.15) is 99.0 Å². The van der Waals surface area contributed by atoms with Gasteiger partial charge in [-0.3, -0.25) is 38.7 Å². The van der Waals surface area contributed by atoms with Crippen LogP contribution in [0.5, 0.6) is 11.5 Å². The van der Waals surface area contributed by atoms with Crippen molar-refractivity contribution >= 4 is 64.8 Å². The minimum atomic E-state index is -1.04. The molecule has 7 amide bonds. The maximum absolute atomic E-state index is 14.8. The summed E-state index contributed by atoms with van der Waals surface area (Å²) in [6.45, 7) is 22.8. The molecule has 4 aromatic carbocycles. The molecular formula is C88H103F4LiN13O12-. The van der Waals surface area contributed by atoms with Crippen LogP contribution in [-0.2, 0) is 41.6 Å². The molecule has 0 radical (unpaired) electrons. The Hall–Kier alpha value is -11.4. The number of rotatable bonds is 25. The maximum atomic E-state index is 14.8. The van der Waals surface area contributed by atoms with Crippen molar-refractivity contribution in [3.8, 4) is 11.5 Å². The Balaban J connectivity index is 0.000000257. The van der Waals surface area contributed by atoms with Gasteiger partial charge >= 0.3 is 25.0 Å². The van der Waals surface area contributed by atoms with Crippen molar-refractivity contribution in [1.29, 1.82) is 0 Å². The number of amides is 7. The van der Waals surface area contributed by atoms with Gasteiger partial charge in [0.25, 0.3) is 11.8 Å². The van der Waals surface area contributed by atoms with Crippen molar-refractivity contribution < 1.29 is 94.5 Å². The van der Waals surface area contributed by atoms with Gasteiger partial charge in [-0.1, -0.05) is 97.9 Å². The number of halogens is 4. The topological polar surface area (TPSA) is 286 Å². The van der Waals surface area contributed by atoms with Gasteiger partial charge in [0, 0.05) is 83.1 Å². The summed E-state index contributed by atoms with van der Waals surface area (Å²) in [5.74, 6) is -2.99. The molecule has 0 bridgehead atoms. The number of nitrogens with one attached hydrogen (secondary N) is 2. The van der Waals surface area contributed by atoms with Crippen LogP contribution in [0.2, 0.25) is 0 Å². The number of ether oxygens (including phenoxy) is 3. The molecule has 3 N–H and O–H groups in total. The Morgan fingerprint density at radius 2 is 0.890 bits per heavy atom. The Morgan fingerprint density at radius 3 is 1.24 bits per heavy atom. The largest absolute Gasteiger partial charge is 1.00 e. The predicted octanol–water partition coefficient (Wildman–Crippen LogP) is 9.67. The molecule has 0 aliphatic carbocycles. The smallest absolute Gasteiger partial charge is 0.870 e. The molecule has 25 nitrogen and oxygen atoms in total. The summed E-state index contributed by atoms with van der Waals surface area (Å²) < 4.78 is 78.1. The molecule has 10 aromatic rings. The van der Waals surface area contributed by atoms with Crippen molar-refractivity contribution in [2.75, 3.05) is 46.3 Å². The molecule has 0 saturated carbocycles. The number of hydrogen-bond acceptors (Lipinski definition) is 15. The van der Waals surface area contributed by atoms with Gasteiger partial charge in [-0.25, -0.2) is 32.3 Å². The number of carbonyl (C=O) groups excluding carboxylic acids is 8. The average Bonchev–Trinajstić information content (AvgIpc) is 1.55. The second-order valence-corrected chi connectivity index (χ2v) is 32.5. The third kappa shape index (κ3) is 24.8. The fraction of sp³-hybridized carbons (Fsp3) is 0.398. The Kier molecular flexibility index (Phi) is 31.7. The SMILES string of the molecule is CC[C@@H](C)C(=O)N[C@H](C(=O)N1C[C@@H](Oc2ccc(F)cc2)C[C@H]1CN(CCc1ccc(F)cc1)C(=O)c1cn2ccccc2n1)C(C)(C)C.C[C@@H](C(=O)N[C@H](C(=O)N1C[C@@H](Oc2ccc(F)cc2)C[C@H]1CN(CCc1ccc(F)cc1)C(=O)c1cn2ccccc2n1)C(C)(C)C)N(C)C(=O)OC(C)(C)C.O=[C-]c1cn2ccccc2n1.[Li+].[OH-]. The van der Waals surface area contributed by atoms with E-state index in [0.717, 1.165) is 16.8 Å². The van der Waals surface area contributed by atoms with Crippen molar-refractivity contribution in [2.24, 2.45) is 16.7 Å². The minimum Gasteiger partial charge on any atom is -0.870 e. The van der Waals surface area contributed by atoms with Crippen LogP contribution in [0.3, 0.4) is 0 Å². The van der Waals surface area contributed by atoms with Crippen LogP contribution in [0.4, 0.5) is 22.4 Å². The number of likely N-dealkylation sites (tertiary alicyclic amines) is 2. The summed E-state index contributed by atoms with van der Waals surface area (Å²) >= 11 is 0. The van der Waals surface area contributed by atoms with Crippen LogP contribution in [0.15, 0.2) is 189 Å². The first-order valence-corrected chi connectivity index (χ1v) is 38.8. The van der Waals surface area contributed by atoms with E-state index in [2.05, 4.69) is 25.6 Å². The molecule has 2 saturated heterocycles. The fourth-order valence-electron chi connectivity index (χ4n) is 13.5. The molecule has 6 aromatic heterocycles. The van der Waals surface area contributed by atoms with Crippen LogP contribution in [0, 0.1) is 40.0 Å². The van der Waals surface area contributed by atoms with Crippen molar-refractivity contribution in [1.82, 2.24) is 63.3 Å². The van der Waals surface area contributed by atoms with E-state index in [9.17, 15) is 55.9 Å². The van der Waals surface area contributed by atoms with E-state index in [1.807, 2.05) is 116 Å². The zero-order valence-corrected chi connectivity index (χ0v) is 69.2. The van der Waals surface area contributed by atoms with Crippen molar-refractivity contribution in [3.63, 3.8) is 0 Å². The van der Waals surface area contributed by atoms with Crippen molar-refractivity contribution in [3.05, 3.63) is 240 Å². The standard InChI is InChI=1S/C42H52F2N6O6.C38H45F2N5O4.C8H5N2O.Li.H2O/c1-27(47(8)40(54)56-42(5,6)7)37(51)46-36(41(2,3)4)39(53)50-25-33(55-32-18-16-30(44)17-19-32)23-31(50)24-49(22-20-28-12-14-29(43)15-13-28)38(52)34-26-48-21-10-9-11-35(48)45-34;1-6-25(2)35(46)42-34(38(3,4)5)37(48)45-23-31(49-30-16-14-28(40)15-17-30)21-29(45)22-44(20-18-26-10-12-27(39)13-11-26)36(47)32-24-43-19-8-7-9-33(43)41-32;11-6-7-5-10-4-2-1-3-8(10)9-7;;/h9-19,21,26-27,31,33,36H,20,22-25H2,1-8H3,(H,46,51);7-17,19,24-25,29,31,34H,6,18,20-23H2,1-5H3,(H,42,46);1-5H;;1H2/q;;-1;+1;/p-1/t27-,31-,33-,36+;25-,29+,31+,34-;;;/m01.../s1. The molecule has 8 atom stereocenters. The molecule has 30 heteroatoms. The van der Waals surface area contributed by atoms with Gasteiger partial charge in [0.05, 0.1) is 25.2 Å². The molecular weight excluding hydrogens is 1510 g/mol. The molecule has 0 spiro atoms. The quantitative estimate of drug-likeness (QED) is 0.0306. The van der Waals surface area contributed by atoms with E-state index in [0.29, 0.717) is 60.6 Å². The molecule has 12 rings (SSSR count). The van der Waals surface area contributed by atoms with E-state index in [1.165, 1.54) is 72.6 Å². The zero-order valence-electron chi connectivity index (χ0n) is 69.2. The number of imidazole rings is 3. The van der Waals surface area contributed by atoms with Crippen LogP contribution in [0.25, 0.3) is 16.9 Å². The van der Waals surface area contributed by atoms with Gasteiger partial charge in [-0.2, -0.15) is 0 Å². The summed E-state index contributed by atoms with van der Waals surface area (Å²) in [5, 5.41) is 5.91. The molecule has 2 fully saturated rings. The van der Waals surface area contributed by atoms with Gasteiger partial charge in [0.2, 0.25) is 23.6 Å². The van der Waals surface area contributed by atoms with Crippen LogP contribution >= 0.6 is 0 Å².